The number of ether oxygens (including phenoxy) is 1. The molecule has 0 radical (unpaired) electrons. The summed E-state index contributed by atoms with van der Waals surface area (Å²) in [4.78, 5) is 28.2. The fourth-order valence-electron chi connectivity index (χ4n) is 2.16. The number of nitrogens with one attached hydrogen (secondary N) is 1. The van der Waals surface area contributed by atoms with Crippen molar-refractivity contribution >= 4 is 28.9 Å². The fraction of sp³-hybridized carbons (Fsp3) is 0.176. The molecule has 0 bridgehead atoms. The van der Waals surface area contributed by atoms with Gasteiger partial charge in [0, 0.05) is 18.4 Å². The summed E-state index contributed by atoms with van der Waals surface area (Å²) in [5.41, 5.74) is 1.02. The molecule has 0 aliphatic carbocycles. The van der Waals surface area contributed by atoms with E-state index in [-0.39, 0.29) is 30.5 Å². The van der Waals surface area contributed by atoms with Gasteiger partial charge in [0.05, 0.1) is 12.8 Å². The van der Waals surface area contributed by atoms with Crippen LogP contribution in [0, 0.1) is 5.82 Å². The van der Waals surface area contributed by atoms with Gasteiger partial charge in [-0.05, 0) is 35.7 Å². The summed E-state index contributed by atoms with van der Waals surface area (Å²) < 4.78 is 22.7. The zero-order valence-corrected chi connectivity index (χ0v) is 14.5. The highest BCUT2D eigenvalue weighted by atomic mass is 32.1. The van der Waals surface area contributed by atoms with Crippen LogP contribution in [0.3, 0.4) is 0 Å². The first-order valence-corrected chi connectivity index (χ1v) is 8.49. The molecule has 0 saturated carbocycles. The van der Waals surface area contributed by atoms with Gasteiger partial charge in [0.15, 0.2) is 0 Å². The van der Waals surface area contributed by atoms with Gasteiger partial charge in [-0.25, -0.2) is 9.18 Å². The van der Waals surface area contributed by atoms with E-state index in [2.05, 4.69) is 20.2 Å². The summed E-state index contributed by atoms with van der Waals surface area (Å²) in [5, 5.41) is 8.17. The summed E-state index contributed by atoms with van der Waals surface area (Å²) in [6.45, 7) is 0. The Balaban J connectivity index is 1.58. The number of thiophene rings is 1. The molecule has 3 aromatic rings. The minimum absolute atomic E-state index is 0.0987. The number of carbonyl (C=O) groups excluding carboxylic acids is 2. The number of halogens is 1. The highest BCUT2D eigenvalue weighted by Crippen LogP contribution is 2.23. The Labute approximate surface area is 151 Å². The van der Waals surface area contributed by atoms with Crippen molar-refractivity contribution in [1.29, 1.82) is 0 Å². The number of anilines is 1. The molecule has 0 saturated heterocycles. The maximum absolute atomic E-state index is 12.9. The van der Waals surface area contributed by atoms with E-state index in [0.717, 1.165) is 0 Å². The Morgan fingerprint density at radius 1 is 1.27 bits per heavy atom. The molecular formula is C17H14FN3O4S. The van der Waals surface area contributed by atoms with E-state index in [1.807, 2.05) is 0 Å². The maximum atomic E-state index is 12.9. The van der Waals surface area contributed by atoms with Crippen molar-refractivity contribution < 1.29 is 23.2 Å². The second-order valence-electron chi connectivity index (χ2n) is 5.22. The van der Waals surface area contributed by atoms with Crippen LogP contribution >= 0.6 is 11.3 Å². The number of nitrogens with zero attached hydrogens (tertiary/aromatic N) is 2. The minimum Gasteiger partial charge on any atom is -0.465 e. The van der Waals surface area contributed by atoms with Crippen LogP contribution in [0.25, 0.3) is 11.4 Å². The number of hydrogen-bond donors (Lipinski definition) is 1. The van der Waals surface area contributed by atoms with Gasteiger partial charge in [-0.15, -0.1) is 11.3 Å². The summed E-state index contributed by atoms with van der Waals surface area (Å²) in [6.07, 6.45) is 0.333. The number of carbonyl (C=O) groups is 2. The molecule has 3 rings (SSSR count). The third-order valence-electron chi connectivity index (χ3n) is 3.45. The Bertz CT molecular complexity index is 920. The smallest absolute Gasteiger partial charge is 0.350 e. The number of benzene rings is 1. The van der Waals surface area contributed by atoms with Crippen LogP contribution in [0.2, 0.25) is 0 Å². The van der Waals surface area contributed by atoms with Gasteiger partial charge in [0.1, 0.15) is 10.7 Å². The van der Waals surface area contributed by atoms with Crippen molar-refractivity contribution in [2.75, 3.05) is 12.4 Å². The van der Waals surface area contributed by atoms with Crippen LogP contribution in [0.5, 0.6) is 0 Å². The van der Waals surface area contributed by atoms with Crippen molar-refractivity contribution in [3.8, 4) is 11.4 Å². The zero-order valence-electron chi connectivity index (χ0n) is 13.7. The van der Waals surface area contributed by atoms with Crippen molar-refractivity contribution in [2.45, 2.75) is 12.8 Å². The number of amides is 1. The third-order valence-corrected chi connectivity index (χ3v) is 4.34. The first kappa shape index (κ1) is 17.7. The summed E-state index contributed by atoms with van der Waals surface area (Å²) in [7, 11) is 1.28. The lowest BCUT2D eigenvalue weighted by molar-refractivity contribution is -0.116. The average Bonchev–Trinajstić information content (AvgIpc) is 3.29. The van der Waals surface area contributed by atoms with E-state index < -0.39 is 5.97 Å². The number of esters is 1. The van der Waals surface area contributed by atoms with Crippen molar-refractivity contribution in [3.63, 3.8) is 0 Å². The number of hydrogen-bond acceptors (Lipinski definition) is 7. The maximum Gasteiger partial charge on any atom is 0.350 e. The van der Waals surface area contributed by atoms with Gasteiger partial charge in [-0.1, -0.05) is 5.16 Å². The third kappa shape index (κ3) is 4.12. The van der Waals surface area contributed by atoms with Gasteiger partial charge in [0.25, 0.3) is 0 Å². The molecule has 2 aromatic heterocycles. The van der Waals surface area contributed by atoms with Gasteiger partial charge >= 0.3 is 5.97 Å². The molecule has 1 aromatic carbocycles. The number of aromatic nitrogens is 2. The van der Waals surface area contributed by atoms with E-state index in [9.17, 15) is 14.0 Å². The highest BCUT2D eigenvalue weighted by molar-refractivity contribution is 7.12. The van der Waals surface area contributed by atoms with Gasteiger partial charge < -0.3 is 14.6 Å². The summed E-state index contributed by atoms with van der Waals surface area (Å²) in [6, 6.07) is 7.33. The highest BCUT2D eigenvalue weighted by Gasteiger charge is 2.16. The quantitative estimate of drug-likeness (QED) is 0.665. The molecular weight excluding hydrogens is 361 g/mol. The average molecular weight is 375 g/mol. The van der Waals surface area contributed by atoms with E-state index in [1.54, 1.807) is 23.6 Å². The first-order valence-electron chi connectivity index (χ1n) is 7.61. The molecule has 2 heterocycles. The van der Waals surface area contributed by atoms with Crippen molar-refractivity contribution in [1.82, 2.24) is 10.1 Å². The van der Waals surface area contributed by atoms with Crippen molar-refractivity contribution in [3.05, 3.63) is 52.3 Å². The Hall–Kier alpha value is -3.07. The molecule has 0 aliphatic heterocycles. The molecule has 1 N–H and O–H groups in total. The molecule has 7 nitrogen and oxygen atoms in total. The molecule has 0 spiro atoms. The number of methoxy groups -OCH3 is 1. The molecule has 0 fully saturated rings. The predicted molar refractivity (Wildman–Crippen MR) is 92.3 cm³/mol. The van der Waals surface area contributed by atoms with Gasteiger partial charge in [-0.3, -0.25) is 4.79 Å². The second kappa shape index (κ2) is 7.87. The number of aryl methyl sites for hydroxylation is 1. The van der Waals surface area contributed by atoms with Crippen LogP contribution in [0.1, 0.15) is 22.0 Å². The largest absolute Gasteiger partial charge is 0.465 e. The molecule has 9 heteroatoms. The van der Waals surface area contributed by atoms with Crippen LogP contribution in [0.4, 0.5) is 10.1 Å². The predicted octanol–water partition coefficient (Wildman–Crippen LogP) is 3.30. The lowest BCUT2D eigenvalue weighted by Gasteiger charge is -2.04. The normalized spacial score (nSPS) is 10.5. The molecule has 134 valence electrons. The topological polar surface area (TPSA) is 94.3 Å². The summed E-state index contributed by atoms with van der Waals surface area (Å²) >= 11 is 1.18. The molecule has 0 atom stereocenters. The van der Waals surface area contributed by atoms with Crippen LogP contribution in [-0.2, 0) is 16.0 Å². The molecule has 26 heavy (non-hydrogen) atoms. The monoisotopic (exact) mass is 375 g/mol. The van der Waals surface area contributed by atoms with E-state index in [4.69, 9.17) is 4.52 Å². The van der Waals surface area contributed by atoms with Gasteiger partial charge in [0.2, 0.25) is 17.6 Å². The molecule has 1 amide bonds. The van der Waals surface area contributed by atoms with E-state index in [1.165, 1.54) is 30.6 Å². The van der Waals surface area contributed by atoms with E-state index in [0.29, 0.717) is 22.0 Å². The molecule has 0 aliphatic rings. The second-order valence-corrected chi connectivity index (χ2v) is 6.14. The van der Waals surface area contributed by atoms with Crippen LogP contribution in [0.15, 0.2) is 40.2 Å². The Morgan fingerprint density at radius 2 is 2.04 bits per heavy atom. The standard InChI is InChI=1S/C17H14FN3O4S/c1-24-17(23)15-12(8-9-26-15)19-13(22)6-7-14-20-16(21-25-14)10-2-4-11(18)5-3-10/h2-5,8-9H,6-7H2,1H3,(H,19,22). The molecule has 0 unspecified atom stereocenters. The Kier molecular flexibility index (Phi) is 5.37. The minimum atomic E-state index is -0.504. The van der Waals surface area contributed by atoms with Crippen LogP contribution < -0.4 is 5.32 Å². The SMILES string of the molecule is COC(=O)c1sccc1NC(=O)CCc1nc(-c2ccc(F)cc2)no1. The number of rotatable bonds is 6. The van der Waals surface area contributed by atoms with Gasteiger partial charge in [-0.2, -0.15) is 4.98 Å². The lowest BCUT2D eigenvalue weighted by atomic mass is 10.2. The van der Waals surface area contributed by atoms with E-state index >= 15 is 0 Å². The first-order chi connectivity index (χ1) is 12.6. The fourth-order valence-corrected chi connectivity index (χ4v) is 2.93. The Morgan fingerprint density at radius 3 is 2.77 bits per heavy atom. The summed E-state index contributed by atoms with van der Waals surface area (Å²) in [5.74, 6) is -0.538. The van der Waals surface area contributed by atoms with Crippen molar-refractivity contribution in [2.24, 2.45) is 0 Å². The zero-order chi connectivity index (χ0) is 18.5. The van der Waals surface area contributed by atoms with Crippen LogP contribution in [-0.4, -0.2) is 29.1 Å². The lowest BCUT2D eigenvalue weighted by Crippen LogP contribution is -2.14.